The zero-order valence-corrected chi connectivity index (χ0v) is 17.8. The molecule has 1 atom stereocenters. The summed E-state index contributed by atoms with van der Waals surface area (Å²) in [6.45, 7) is 3.88. The Kier molecular flexibility index (Phi) is 6.18. The molecule has 0 bridgehead atoms. The fourth-order valence-corrected chi connectivity index (χ4v) is 4.44. The number of carbonyl (C=O) groups excluding carboxylic acids is 1. The van der Waals surface area contributed by atoms with E-state index in [1.54, 1.807) is 12.1 Å². The first kappa shape index (κ1) is 21.0. The number of aliphatic hydroxyl groups is 1. The molecule has 30 heavy (non-hydrogen) atoms. The van der Waals surface area contributed by atoms with Crippen LogP contribution in [0.5, 0.6) is 11.5 Å². The Morgan fingerprint density at radius 1 is 1.30 bits per heavy atom. The zero-order valence-electron chi connectivity index (χ0n) is 17.1. The zero-order chi connectivity index (χ0) is 21.1. The van der Waals surface area contributed by atoms with Gasteiger partial charge in [-0.1, -0.05) is 23.7 Å². The number of aliphatic hydroxyl groups excluding tert-OH is 1. The van der Waals surface area contributed by atoms with Gasteiger partial charge >= 0.3 is 0 Å². The Balaban J connectivity index is 1.26. The minimum atomic E-state index is -0.620. The first-order chi connectivity index (χ1) is 14.4. The summed E-state index contributed by atoms with van der Waals surface area (Å²) in [6.07, 6.45) is 2.10. The summed E-state index contributed by atoms with van der Waals surface area (Å²) in [4.78, 5) is 13.6. The smallest absolute Gasteiger partial charge is 0.221 e. The summed E-state index contributed by atoms with van der Waals surface area (Å²) in [6, 6.07) is 13.1. The van der Waals surface area contributed by atoms with Gasteiger partial charge in [0.05, 0.1) is 5.69 Å². The van der Waals surface area contributed by atoms with Crippen molar-refractivity contribution in [1.29, 1.82) is 0 Å². The first-order valence-electron chi connectivity index (χ1n) is 10.3. The molecule has 0 radical (unpaired) electrons. The highest BCUT2D eigenvalue weighted by Gasteiger charge is 2.42. The second kappa shape index (κ2) is 8.84. The van der Waals surface area contributed by atoms with E-state index in [2.05, 4.69) is 10.2 Å². The van der Waals surface area contributed by atoms with Crippen LogP contribution in [0.15, 0.2) is 42.5 Å². The molecule has 7 heteroatoms. The molecule has 160 valence electrons. The van der Waals surface area contributed by atoms with Crippen molar-refractivity contribution in [3.8, 4) is 11.5 Å². The Bertz CT molecular complexity index is 912. The monoisotopic (exact) mass is 430 g/mol. The second-order valence-electron chi connectivity index (χ2n) is 8.16. The molecular weight excluding hydrogens is 404 g/mol. The van der Waals surface area contributed by atoms with Crippen molar-refractivity contribution in [3.63, 3.8) is 0 Å². The lowest BCUT2D eigenvalue weighted by atomic mass is 9.87. The molecule has 1 spiro atoms. The van der Waals surface area contributed by atoms with Gasteiger partial charge in [0.2, 0.25) is 5.91 Å². The molecule has 2 aliphatic heterocycles. The van der Waals surface area contributed by atoms with Gasteiger partial charge in [-0.25, -0.2) is 0 Å². The molecule has 2 heterocycles. The molecule has 2 N–H and O–H groups in total. The lowest BCUT2D eigenvalue weighted by Gasteiger charge is -2.39. The van der Waals surface area contributed by atoms with Gasteiger partial charge in [-0.2, -0.15) is 0 Å². The fourth-order valence-electron chi connectivity index (χ4n) is 4.25. The fraction of sp³-hybridized carbons (Fsp3) is 0.435. The number of rotatable bonds is 6. The maximum Gasteiger partial charge on any atom is 0.221 e. The van der Waals surface area contributed by atoms with Crippen LogP contribution in [-0.2, 0) is 11.2 Å². The molecule has 4 rings (SSSR count). The molecule has 1 amide bonds. The summed E-state index contributed by atoms with van der Waals surface area (Å²) in [5.41, 5.74) is 1.64. The second-order valence-corrected chi connectivity index (χ2v) is 8.59. The summed E-state index contributed by atoms with van der Waals surface area (Å²) in [5.74, 6) is 1.34. The van der Waals surface area contributed by atoms with E-state index in [1.807, 2.05) is 30.3 Å². The topological polar surface area (TPSA) is 71.0 Å². The van der Waals surface area contributed by atoms with Gasteiger partial charge in [0.1, 0.15) is 29.8 Å². The van der Waals surface area contributed by atoms with Crippen LogP contribution in [0.1, 0.15) is 25.3 Å². The number of nitrogens with zero attached hydrogens (tertiary/aromatic N) is 1. The van der Waals surface area contributed by atoms with Crippen LogP contribution in [0.2, 0.25) is 5.02 Å². The normalized spacial score (nSPS) is 18.5. The summed E-state index contributed by atoms with van der Waals surface area (Å²) in [7, 11) is 0. The molecule has 1 saturated heterocycles. The molecule has 1 unspecified atom stereocenters. The van der Waals surface area contributed by atoms with E-state index in [4.69, 9.17) is 21.1 Å². The largest absolute Gasteiger partial charge is 0.489 e. The number of likely N-dealkylation sites (tertiary alicyclic amines) is 1. The SMILES string of the molecule is CC(=O)Nc1ccccc1OCC(O)CN1CCC2(CC1)Cc1cc(Cl)ccc1O2. The van der Waals surface area contributed by atoms with Crippen molar-refractivity contribution in [3.05, 3.63) is 53.1 Å². The van der Waals surface area contributed by atoms with Gasteiger partial charge < -0.3 is 24.8 Å². The Labute approximate surface area is 181 Å². The number of amides is 1. The Hall–Kier alpha value is -2.28. The molecule has 2 aromatic rings. The van der Waals surface area contributed by atoms with Crippen LogP contribution < -0.4 is 14.8 Å². The van der Waals surface area contributed by atoms with Gasteiger partial charge in [-0.15, -0.1) is 0 Å². The van der Waals surface area contributed by atoms with Crippen LogP contribution in [0.25, 0.3) is 0 Å². The lowest BCUT2D eigenvalue weighted by Crippen LogP contribution is -2.49. The number of hydrogen-bond donors (Lipinski definition) is 2. The highest BCUT2D eigenvalue weighted by molar-refractivity contribution is 6.30. The van der Waals surface area contributed by atoms with Gasteiger partial charge in [0.25, 0.3) is 0 Å². The number of fused-ring (bicyclic) bond motifs is 1. The van der Waals surface area contributed by atoms with Gasteiger partial charge in [-0.05, 0) is 35.9 Å². The highest BCUT2D eigenvalue weighted by Crippen LogP contribution is 2.41. The number of para-hydroxylation sites is 2. The lowest BCUT2D eigenvalue weighted by molar-refractivity contribution is -0.114. The van der Waals surface area contributed by atoms with E-state index in [0.29, 0.717) is 18.0 Å². The van der Waals surface area contributed by atoms with E-state index in [0.717, 1.165) is 43.1 Å². The summed E-state index contributed by atoms with van der Waals surface area (Å²) >= 11 is 6.12. The van der Waals surface area contributed by atoms with E-state index in [9.17, 15) is 9.90 Å². The number of carbonyl (C=O) groups is 1. The summed E-state index contributed by atoms with van der Waals surface area (Å²) in [5, 5.41) is 13.9. The number of ether oxygens (including phenoxy) is 2. The number of nitrogens with one attached hydrogen (secondary N) is 1. The average molecular weight is 431 g/mol. The van der Waals surface area contributed by atoms with Gasteiger partial charge in [0, 0.05) is 50.8 Å². The minimum Gasteiger partial charge on any atom is -0.489 e. The molecule has 0 aliphatic carbocycles. The minimum absolute atomic E-state index is 0.151. The maximum absolute atomic E-state index is 11.3. The molecule has 0 aromatic heterocycles. The van der Waals surface area contributed by atoms with Crippen LogP contribution >= 0.6 is 11.6 Å². The van der Waals surface area contributed by atoms with Crippen LogP contribution in [0, 0.1) is 0 Å². The van der Waals surface area contributed by atoms with Crippen molar-refractivity contribution in [2.75, 3.05) is 31.6 Å². The Morgan fingerprint density at radius 2 is 2.07 bits per heavy atom. The molecule has 2 aliphatic rings. The van der Waals surface area contributed by atoms with Crippen molar-refractivity contribution in [1.82, 2.24) is 4.90 Å². The molecular formula is C23H27ClN2O4. The van der Waals surface area contributed by atoms with Crippen LogP contribution in [-0.4, -0.2) is 53.9 Å². The Morgan fingerprint density at radius 3 is 2.83 bits per heavy atom. The van der Waals surface area contributed by atoms with E-state index >= 15 is 0 Å². The van der Waals surface area contributed by atoms with Crippen molar-refractivity contribution in [2.24, 2.45) is 0 Å². The predicted octanol–water partition coefficient (Wildman–Crippen LogP) is 3.51. The molecule has 1 fully saturated rings. The number of anilines is 1. The molecule has 6 nitrogen and oxygen atoms in total. The first-order valence-corrected chi connectivity index (χ1v) is 10.7. The highest BCUT2D eigenvalue weighted by atomic mass is 35.5. The predicted molar refractivity (Wildman–Crippen MR) is 116 cm³/mol. The quantitative estimate of drug-likeness (QED) is 0.733. The third kappa shape index (κ3) is 4.89. The number of hydrogen-bond acceptors (Lipinski definition) is 5. The average Bonchev–Trinajstić information content (AvgIpc) is 3.06. The number of piperidine rings is 1. The number of benzene rings is 2. The van der Waals surface area contributed by atoms with Gasteiger partial charge in [-0.3, -0.25) is 4.79 Å². The number of β-amino-alcohol motifs (C(OH)–C–C–N with tert-alkyl or cyclic N) is 1. The third-order valence-corrected chi connectivity index (χ3v) is 5.96. The van der Waals surface area contributed by atoms with Crippen molar-refractivity contribution >= 4 is 23.2 Å². The van der Waals surface area contributed by atoms with Gasteiger partial charge in [0.15, 0.2) is 0 Å². The molecule has 0 saturated carbocycles. The van der Waals surface area contributed by atoms with Crippen LogP contribution in [0.3, 0.4) is 0 Å². The molecule has 2 aromatic carbocycles. The standard InChI is InChI=1S/C23H27ClN2O4/c1-16(27)25-20-4-2-3-5-22(20)29-15-19(28)14-26-10-8-23(9-11-26)13-17-12-18(24)6-7-21(17)30-23/h2-7,12,19,28H,8-11,13-15H2,1H3,(H,25,27). The van der Waals surface area contributed by atoms with Crippen LogP contribution in [0.4, 0.5) is 5.69 Å². The van der Waals surface area contributed by atoms with E-state index in [1.165, 1.54) is 12.5 Å². The van der Waals surface area contributed by atoms with E-state index < -0.39 is 6.10 Å². The number of halogens is 1. The van der Waals surface area contributed by atoms with Crippen molar-refractivity contribution < 1.29 is 19.4 Å². The summed E-state index contributed by atoms with van der Waals surface area (Å²) < 4.78 is 12.0. The maximum atomic E-state index is 11.3. The van der Waals surface area contributed by atoms with E-state index in [-0.39, 0.29) is 18.1 Å². The third-order valence-electron chi connectivity index (χ3n) is 5.73. The van der Waals surface area contributed by atoms with Crippen molar-refractivity contribution in [2.45, 2.75) is 37.9 Å².